The average Bonchev–Trinajstić information content (AvgIpc) is 3.53. The Morgan fingerprint density at radius 1 is 1.07 bits per heavy atom. The number of hydrogen-bond acceptors (Lipinski definition) is 6. The van der Waals surface area contributed by atoms with Crippen LogP contribution in [0.1, 0.15) is 78.4 Å². The van der Waals surface area contributed by atoms with Crippen LogP contribution in [0.2, 0.25) is 0 Å². The van der Waals surface area contributed by atoms with Crippen molar-refractivity contribution in [3.63, 3.8) is 0 Å². The van der Waals surface area contributed by atoms with Gasteiger partial charge in [0.25, 0.3) is 6.43 Å². The van der Waals surface area contributed by atoms with E-state index in [1.165, 1.54) is 18.3 Å². The molecule has 0 fully saturated rings. The molecule has 0 aliphatic carbocycles. The Morgan fingerprint density at radius 3 is 2.09 bits per heavy atom. The number of halogens is 8. The maximum Gasteiger partial charge on any atom is 0.401 e. The standard InChI is InChI=1S/C13H11F5N4O.C6H7F2N3.C4H9F.2C2H6/c1-12(13(16,17)18)5-21(6-23)8-4-19-10-3-7(2-9(14)15)20-22(10)11(8)12;1-9-4-2-5(6(7)8)11-10-3-4;1-3-4(2)5;2*1-2/h3-4,6,9H,2,5H2,1H3;2-3,6H,1H3,(H,9,11);4H,3H2,1-2H3;2*1-2H3/t12-;;;;/m1..../s1. The molecule has 0 saturated heterocycles. The van der Waals surface area contributed by atoms with Gasteiger partial charge in [0.05, 0.1) is 47.7 Å². The zero-order valence-electron chi connectivity index (χ0n) is 25.4. The lowest BCUT2D eigenvalue weighted by atomic mass is 9.88. The number of carbonyl (C=O) groups excluding carboxylic acids is 1. The normalized spacial score (nSPS) is 16.0. The molecule has 0 radical (unpaired) electrons. The van der Waals surface area contributed by atoms with Crippen LogP contribution in [0.25, 0.3) is 5.65 Å². The summed E-state index contributed by atoms with van der Waals surface area (Å²) in [6.07, 6.45) is -7.75. The van der Waals surface area contributed by atoms with E-state index in [0.717, 1.165) is 22.5 Å². The van der Waals surface area contributed by atoms with Crippen molar-refractivity contribution in [2.45, 2.75) is 91.9 Å². The molecule has 1 amide bonds. The van der Waals surface area contributed by atoms with E-state index in [4.69, 9.17) is 0 Å². The van der Waals surface area contributed by atoms with Crippen molar-refractivity contribution in [3.8, 4) is 0 Å². The number of aromatic nitrogens is 5. The van der Waals surface area contributed by atoms with Crippen molar-refractivity contribution in [3.05, 3.63) is 41.6 Å². The van der Waals surface area contributed by atoms with Gasteiger partial charge in [-0.3, -0.25) is 4.79 Å². The molecule has 0 aromatic carbocycles. The number of alkyl halides is 8. The van der Waals surface area contributed by atoms with Crippen LogP contribution in [-0.4, -0.2) is 63.6 Å². The highest BCUT2D eigenvalue weighted by Gasteiger charge is 2.59. The minimum Gasteiger partial charge on any atom is -0.387 e. The molecule has 43 heavy (non-hydrogen) atoms. The second-order valence-electron chi connectivity index (χ2n) is 8.66. The predicted molar refractivity (Wildman–Crippen MR) is 150 cm³/mol. The molecule has 8 nitrogen and oxygen atoms in total. The van der Waals surface area contributed by atoms with Gasteiger partial charge < -0.3 is 10.2 Å². The van der Waals surface area contributed by atoms with Gasteiger partial charge in [0.2, 0.25) is 12.8 Å². The fraction of sp³-hybridized carbons (Fsp3) is 0.593. The van der Waals surface area contributed by atoms with Crippen molar-refractivity contribution in [2.24, 2.45) is 0 Å². The maximum absolute atomic E-state index is 13.6. The summed E-state index contributed by atoms with van der Waals surface area (Å²) in [5.74, 6) is 0. The molecule has 1 unspecified atom stereocenters. The third-order valence-electron chi connectivity index (χ3n) is 5.70. The van der Waals surface area contributed by atoms with Gasteiger partial charge in [0.1, 0.15) is 11.1 Å². The molecule has 16 heteroatoms. The highest BCUT2D eigenvalue weighted by molar-refractivity contribution is 5.81. The molecule has 0 spiro atoms. The number of rotatable bonds is 6. The van der Waals surface area contributed by atoms with Gasteiger partial charge in [-0.25, -0.2) is 31.5 Å². The number of fused-ring (bicyclic) bond motifs is 3. The Hall–Kier alpha value is -3.59. The first kappa shape index (κ1) is 39.4. The molecular formula is C27H39F8N7O. The number of carbonyl (C=O) groups is 1. The summed E-state index contributed by atoms with van der Waals surface area (Å²) in [7, 11) is 1.63. The first-order valence-electron chi connectivity index (χ1n) is 13.6. The third kappa shape index (κ3) is 10.6. The molecule has 244 valence electrons. The fourth-order valence-electron chi connectivity index (χ4n) is 3.40. The Morgan fingerprint density at radius 2 is 1.65 bits per heavy atom. The van der Waals surface area contributed by atoms with Crippen LogP contribution in [0.3, 0.4) is 0 Å². The van der Waals surface area contributed by atoms with Crippen LogP contribution in [0.15, 0.2) is 24.5 Å². The second-order valence-corrected chi connectivity index (χ2v) is 8.66. The van der Waals surface area contributed by atoms with E-state index in [9.17, 15) is 39.9 Å². The average molecular weight is 630 g/mol. The van der Waals surface area contributed by atoms with Gasteiger partial charge in [-0.15, -0.1) is 5.10 Å². The van der Waals surface area contributed by atoms with Crippen molar-refractivity contribution >= 4 is 23.4 Å². The summed E-state index contributed by atoms with van der Waals surface area (Å²) >= 11 is 0. The lowest BCUT2D eigenvalue weighted by Crippen LogP contribution is -2.44. The number of hydrogen-bond donors (Lipinski definition) is 1. The summed E-state index contributed by atoms with van der Waals surface area (Å²) in [6.45, 7) is 11.7. The molecule has 2 atom stereocenters. The quantitative estimate of drug-likeness (QED) is 0.223. The molecule has 0 bridgehead atoms. The fourth-order valence-corrected chi connectivity index (χ4v) is 3.40. The van der Waals surface area contributed by atoms with E-state index in [1.54, 1.807) is 14.0 Å². The molecule has 1 aliphatic heterocycles. The summed E-state index contributed by atoms with van der Waals surface area (Å²) < 4.78 is 102. The number of amides is 1. The first-order chi connectivity index (χ1) is 20.2. The minimum atomic E-state index is -4.65. The summed E-state index contributed by atoms with van der Waals surface area (Å²) in [4.78, 5) is 15.9. The lowest BCUT2D eigenvalue weighted by molar-refractivity contribution is -0.181. The summed E-state index contributed by atoms with van der Waals surface area (Å²) in [5, 5.41) is 13.2. The number of nitrogens with one attached hydrogen (secondary N) is 1. The van der Waals surface area contributed by atoms with Crippen molar-refractivity contribution < 1.29 is 39.9 Å². The van der Waals surface area contributed by atoms with Gasteiger partial charge in [-0.05, 0) is 26.3 Å². The van der Waals surface area contributed by atoms with Gasteiger partial charge in [0.15, 0.2) is 5.65 Å². The van der Waals surface area contributed by atoms with Crippen LogP contribution in [0.4, 0.5) is 46.5 Å². The van der Waals surface area contributed by atoms with Crippen molar-refractivity contribution in [2.75, 3.05) is 23.8 Å². The van der Waals surface area contributed by atoms with Gasteiger partial charge in [-0.2, -0.15) is 23.4 Å². The van der Waals surface area contributed by atoms with Crippen LogP contribution < -0.4 is 10.2 Å². The molecule has 1 N–H and O–H groups in total. The predicted octanol–water partition coefficient (Wildman–Crippen LogP) is 7.60. The molecule has 3 aromatic rings. The molecule has 3 aromatic heterocycles. The largest absolute Gasteiger partial charge is 0.401 e. The Labute approximate surface area is 245 Å². The molecule has 4 heterocycles. The third-order valence-corrected chi connectivity index (χ3v) is 5.70. The molecule has 4 rings (SSSR count). The maximum atomic E-state index is 13.6. The highest BCUT2D eigenvalue weighted by atomic mass is 19.4. The van der Waals surface area contributed by atoms with Gasteiger partial charge >= 0.3 is 6.18 Å². The Balaban J connectivity index is 0.000000734. The van der Waals surface area contributed by atoms with Crippen LogP contribution in [-0.2, 0) is 16.6 Å². The second kappa shape index (κ2) is 18.2. The van der Waals surface area contributed by atoms with E-state index in [0.29, 0.717) is 12.1 Å². The lowest BCUT2D eigenvalue weighted by Gasteiger charge is -2.27. The highest BCUT2D eigenvalue weighted by Crippen LogP contribution is 2.49. The number of anilines is 2. The van der Waals surface area contributed by atoms with E-state index in [1.807, 2.05) is 34.6 Å². The monoisotopic (exact) mass is 629 g/mol. The van der Waals surface area contributed by atoms with E-state index >= 15 is 0 Å². The van der Waals surface area contributed by atoms with E-state index < -0.39 is 43.6 Å². The Kier molecular flexibility index (Phi) is 16.6. The summed E-state index contributed by atoms with van der Waals surface area (Å²) in [5.41, 5.74) is -2.47. The zero-order valence-corrected chi connectivity index (χ0v) is 25.4. The SMILES string of the molecule is CC.CC.CCC(C)F.CNc1cnnc(C(F)F)c1.C[C@@]1(C(F)(F)F)CN(C=O)c2cnc3cc(CC(F)F)nn3c21. The molecule has 1 aliphatic rings. The van der Waals surface area contributed by atoms with Gasteiger partial charge in [0, 0.05) is 19.7 Å². The van der Waals surface area contributed by atoms with E-state index in [-0.39, 0.29) is 34.8 Å². The Bertz CT molecular complexity index is 1240. The van der Waals surface area contributed by atoms with Crippen LogP contribution >= 0.6 is 0 Å². The topological polar surface area (TPSA) is 88.3 Å². The number of nitrogens with zero attached hydrogens (tertiary/aromatic N) is 6. The zero-order chi connectivity index (χ0) is 33.5. The van der Waals surface area contributed by atoms with Crippen molar-refractivity contribution in [1.82, 2.24) is 24.8 Å². The van der Waals surface area contributed by atoms with Crippen LogP contribution in [0, 0.1) is 0 Å². The van der Waals surface area contributed by atoms with Crippen LogP contribution in [0.5, 0.6) is 0 Å². The van der Waals surface area contributed by atoms with Gasteiger partial charge in [-0.1, -0.05) is 34.6 Å². The molecule has 0 saturated carbocycles. The summed E-state index contributed by atoms with van der Waals surface area (Å²) in [6, 6.07) is 2.48. The van der Waals surface area contributed by atoms with Crippen molar-refractivity contribution in [1.29, 1.82) is 0 Å². The first-order valence-corrected chi connectivity index (χ1v) is 13.6. The smallest absolute Gasteiger partial charge is 0.387 e. The van der Waals surface area contributed by atoms with E-state index in [2.05, 4.69) is 25.6 Å². The minimum absolute atomic E-state index is 0.0287. The molecular weight excluding hydrogens is 590 g/mol.